The van der Waals surface area contributed by atoms with Gasteiger partial charge in [-0.15, -0.1) is 10.2 Å². The SMILES string of the molecule is COCc1nnc2n1CCN(Cc1cccc3ccccc13)[C@@H]2C. The predicted octanol–water partition coefficient (Wildman–Crippen LogP) is 3.15. The van der Waals surface area contributed by atoms with E-state index in [9.17, 15) is 0 Å². The lowest BCUT2D eigenvalue weighted by Gasteiger charge is -2.34. The van der Waals surface area contributed by atoms with Crippen LogP contribution in [-0.2, 0) is 24.4 Å². The highest BCUT2D eigenvalue weighted by atomic mass is 16.5. The second-order valence-electron chi connectivity index (χ2n) is 6.34. The Labute approximate surface area is 141 Å². The lowest BCUT2D eigenvalue weighted by molar-refractivity contribution is 0.143. The van der Waals surface area contributed by atoms with Crippen LogP contribution in [-0.4, -0.2) is 33.3 Å². The molecule has 0 N–H and O–H groups in total. The monoisotopic (exact) mass is 322 g/mol. The van der Waals surface area contributed by atoms with Crippen LogP contribution >= 0.6 is 0 Å². The van der Waals surface area contributed by atoms with Crippen molar-refractivity contribution < 1.29 is 4.74 Å². The molecule has 0 bridgehead atoms. The van der Waals surface area contributed by atoms with Gasteiger partial charge in [-0.1, -0.05) is 42.5 Å². The zero-order valence-electron chi connectivity index (χ0n) is 14.1. The summed E-state index contributed by atoms with van der Waals surface area (Å²) in [6, 6.07) is 15.4. The lowest BCUT2D eigenvalue weighted by atomic mass is 10.0. The van der Waals surface area contributed by atoms with Gasteiger partial charge in [0.2, 0.25) is 0 Å². The maximum Gasteiger partial charge on any atom is 0.159 e. The van der Waals surface area contributed by atoms with Crippen molar-refractivity contribution >= 4 is 10.8 Å². The van der Waals surface area contributed by atoms with Gasteiger partial charge in [0.25, 0.3) is 0 Å². The van der Waals surface area contributed by atoms with E-state index in [0.29, 0.717) is 6.61 Å². The van der Waals surface area contributed by atoms with Crippen molar-refractivity contribution in [3.8, 4) is 0 Å². The van der Waals surface area contributed by atoms with Crippen molar-refractivity contribution in [1.82, 2.24) is 19.7 Å². The zero-order chi connectivity index (χ0) is 16.5. The largest absolute Gasteiger partial charge is 0.377 e. The molecule has 0 aliphatic carbocycles. The Morgan fingerprint density at radius 3 is 2.79 bits per heavy atom. The molecule has 24 heavy (non-hydrogen) atoms. The molecule has 0 fully saturated rings. The van der Waals surface area contributed by atoms with E-state index < -0.39 is 0 Å². The van der Waals surface area contributed by atoms with Crippen LogP contribution in [0.5, 0.6) is 0 Å². The van der Waals surface area contributed by atoms with E-state index in [1.54, 1.807) is 7.11 Å². The number of hydrogen-bond donors (Lipinski definition) is 0. The number of aromatic nitrogens is 3. The topological polar surface area (TPSA) is 43.2 Å². The standard InChI is InChI=1S/C19H22N4O/c1-14-19-21-20-18(13-24-2)23(19)11-10-22(14)12-16-8-5-7-15-6-3-4-9-17(15)16/h3-9,14H,10-13H2,1-2H3/t14-/m1/s1. The van der Waals surface area contributed by atoms with Crippen molar-refractivity contribution in [2.45, 2.75) is 32.7 Å². The quantitative estimate of drug-likeness (QED) is 0.740. The van der Waals surface area contributed by atoms with Crippen molar-refractivity contribution in [3.05, 3.63) is 59.7 Å². The molecule has 2 heterocycles. The molecule has 2 aromatic carbocycles. The molecule has 124 valence electrons. The number of methoxy groups -OCH3 is 1. The van der Waals surface area contributed by atoms with Crippen LogP contribution in [0.4, 0.5) is 0 Å². The number of hydrogen-bond acceptors (Lipinski definition) is 4. The second-order valence-corrected chi connectivity index (χ2v) is 6.34. The van der Waals surface area contributed by atoms with Gasteiger partial charge in [0, 0.05) is 26.7 Å². The van der Waals surface area contributed by atoms with Crippen molar-refractivity contribution in [3.63, 3.8) is 0 Å². The Hall–Kier alpha value is -2.24. The van der Waals surface area contributed by atoms with Crippen LogP contribution in [0.3, 0.4) is 0 Å². The second kappa shape index (κ2) is 6.34. The highest BCUT2D eigenvalue weighted by Gasteiger charge is 2.28. The Morgan fingerprint density at radius 2 is 1.92 bits per heavy atom. The lowest BCUT2D eigenvalue weighted by Crippen LogP contribution is -2.37. The number of rotatable bonds is 4. The fourth-order valence-corrected chi connectivity index (χ4v) is 3.59. The summed E-state index contributed by atoms with van der Waals surface area (Å²) in [6.45, 7) is 5.56. The number of benzene rings is 2. The normalized spacial score (nSPS) is 18.0. The van der Waals surface area contributed by atoms with Gasteiger partial charge in [-0.05, 0) is 23.3 Å². The van der Waals surface area contributed by atoms with Crippen LogP contribution in [0, 0.1) is 0 Å². The van der Waals surface area contributed by atoms with E-state index in [1.165, 1.54) is 16.3 Å². The fraction of sp³-hybridized carbons (Fsp3) is 0.368. The van der Waals surface area contributed by atoms with Crippen molar-refractivity contribution in [2.75, 3.05) is 13.7 Å². The molecule has 5 heteroatoms. The first-order valence-corrected chi connectivity index (χ1v) is 8.39. The molecule has 3 aromatic rings. The third-order valence-corrected chi connectivity index (χ3v) is 4.92. The van der Waals surface area contributed by atoms with Crippen molar-refractivity contribution in [2.24, 2.45) is 0 Å². The maximum absolute atomic E-state index is 5.22. The average molecular weight is 322 g/mol. The highest BCUT2D eigenvalue weighted by molar-refractivity contribution is 5.85. The Bertz CT molecular complexity index is 852. The molecule has 1 aromatic heterocycles. The summed E-state index contributed by atoms with van der Waals surface area (Å²) in [5.74, 6) is 1.96. The zero-order valence-corrected chi connectivity index (χ0v) is 14.1. The Morgan fingerprint density at radius 1 is 1.08 bits per heavy atom. The molecule has 0 amide bonds. The van der Waals surface area contributed by atoms with Crippen LogP contribution in [0.1, 0.15) is 30.2 Å². The van der Waals surface area contributed by atoms with E-state index in [0.717, 1.165) is 31.3 Å². The van der Waals surface area contributed by atoms with Crippen LogP contribution in [0.15, 0.2) is 42.5 Å². The van der Waals surface area contributed by atoms with Gasteiger partial charge in [-0.3, -0.25) is 4.90 Å². The van der Waals surface area contributed by atoms with Gasteiger partial charge >= 0.3 is 0 Å². The Balaban J connectivity index is 1.61. The molecule has 0 unspecified atom stereocenters. The fourth-order valence-electron chi connectivity index (χ4n) is 3.59. The van der Waals surface area contributed by atoms with E-state index in [2.05, 4.69) is 69.1 Å². The van der Waals surface area contributed by atoms with Gasteiger partial charge in [0.05, 0.1) is 6.04 Å². The summed E-state index contributed by atoms with van der Waals surface area (Å²) >= 11 is 0. The molecule has 0 saturated heterocycles. The molecule has 4 rings (SSSR count). The molecule has 1 atom stereocenters. The summed E-state index contributed by atoms with van der Waals surface area (Å²) in [5.41, 5.74) is 1.37. The van der Waals surface area contributed by atoms with Crippen LogP contribution in [0.25, 0.3) is 10.8 Å². The van der Waals surface area contributed by atoms with Crippen LogP contribution < -0.4 is 0 Å². The molecule has 5 nitrogen and oxygen atoms in total. The highest BCUT2D eigenvalue weighted by Crippen LogP contribution is 2.28. The maximum atomic E-state index is 5.22. The first-order valence-electron chi connectivity index (χ1n) is 8.39. The third kappa shape index (κ3) is 2.60. The molecule has 1 aliphatic rings. The first-order chi connectivity index (χ1) is 11.8. The smallest absolute Gasteiger partial charge is 0.159 e. The van der Waals surface area contributed by atoms with Crippen molar-refractivity contribution in [1.29, 1.82) is 0 Å². The summed E-state index contributed by atoms with van der Waals surface area (Å²) in [7, 11) is 1.70. The van der Waals surface area contributed by atoms with Gasteiger partial charge in [0.1, 0.15) is 12.4 Å². The predicted molar refractivity (Wildman–Crippen MR) is 93.5 cm³/mol. The summed E-state index contributed by atoms with van der Waals surface area (Å²) in [5, 5.41) is 11.3. The average Bonchev–Trinajstić information content (AvgIpc) is 3.02. The minimum absolute atomic E-state index is 0.246. The number of fused-ring (bicyclic) bond motifs is 2. The van der Waals surface area contributed by atoms with Gasteiger partial charge < -0.3 is 9.30 Å². The van der Waals surface area contributed by atoms with E-state index >= 15 is 0 Å². The minimum atomic E-state index is 0.246. The number of nitrogens with zero attached hydrogens (tertiary/aromatic N) is 4. The molecule has 0 spiro atoms. The summed E-state index contributed by atoms with van der Waals surface area (Å²) < 4.78 is 7.42. The summed E-state index contributed by atoms with van der Waals surface area (Å²) in [6.07, 6.45) is 0. The van der Waals surface area contributed by atoms with E-state index in [1.807, 2.05) is 0 Å². The first kappa shape index (κ1) is 15.3. The third-order valence-electron chi connectivity index (χ3n) is 4.92. The number of ether oxygens (including phenoxy) is 1. The Kier molecular flexibility index (Phi) is 4.04. The van der Waals surface area contributed by atoms with E-state index in [-0.39, 0.29) is 6.04 Å². The van der Waals surface area contributed by atoms with Crippen LogP contribution in [0.2, 0.25) is 0 Å². The minimum Gasteiger partial charge on any atom is -0.377 e. The molecular weight excluding hydrogens is 300 g/mol. The summed E-state index contributed by atoms with van der Waals surface area (Å²) in [4.78, 5) is 2.47. The molecule has 1 aliphatic heterocycles. The van der Waals surface area contributed by atoms with Gasteiger partial charge in [0.15, 0.2) is 5.82 Å². The van der Waals surface area contributed by atoms with Gasteiger partial charge in [-0.2, -0.15) is 0 Å². The molecular formula is C19H22N4O. The molecule has 0 saturated carbocycles. The van der Waals surface area contributed by atoms with Gasteiger partial charge in [-0.25, -0.2) is 0 Å². The van der Waals surface area contributed by atoms with E-state index in [4.69, 9.17) is 4.74 Å². The molecule has 0 radical (unpaired) electrons.